The van der Waals surface area contributed by atoms with Crippen LogP contribution in [-0.2, 0) is 0 Å². The van der Waals surface area contributed by atoms with Crippen molar-refractivity contribution in [1.29, 1.82) is 0 Å². The lowest BCUT2D eigenvalue weighted by Crippen LogP contribution is -2.07. The number of hydrogen-bond acceptors (Lipinski definition) is 3. The van der Waals surface area contributed by atoms with Crippen LogP contribution in [0.15, 0.2) is 29.1 Å². The molecule has 0 amide bonds. The SMILES string of the molecule is Clc1ncc2cc(-c3ccsc3)n(C3CCCC3)c2n1. The summed E-state index contributed by atoms with van der Waals surface area (Å²) in [6.07, 6.45) is 6.87. The Morgan fingerprint density at radius 3 is 2.90 bits per heavy atom. The van der Waals surface area contributed by atoms with Gasteiger partial charge in [-0.05, 0) is 42.0 Å². The highest BCUT2D eigenvalue weighted by atomic mass is 35.5. The molecule has 1 saturated carbocycles. The number of fused-ring (bicyclic) bond motifs is 1. The van der Waals surface area contributed by atoms with Crippen molar-refractivity contribution in [3.8, 4) is 11.3 Å². The minimum Gasteiger partial charge on any atom is -0.322 e. The van der Waals surface area contributed by atoms with Crippen molar-refractivity contribution in [3.05, 3.63) is 34.4 Å². The zero-order valence-corrected chi connectivity index (χ0v) is 12.5. The molecular formula is C15H14ClN3S. The summed E-state index contributed by atoms with van der Waals surface area (Å²) in [4.78, 5) is 8.58. The standard InChI is InChI=1S/C15H14ClN3S/c16-15-17-8-11-7-13(10-5-6-20-9-10)19(14(11)18-15)12-3-1-2-4-12/h5-9,12H,1-4H2. The summed E-state index contributed by atoms with van der Waals surface area (Å²) in [7, 11) is 0. The summed E-state index contributed by atoms with van der Waals surface area (Å²) < 4.78 is 2.37. The molecule has 3 aromatic heterocycles. The van der Waals surface area contributed by atoms with Crippen LogP contribution in [0.25, 0.3) is 22.3 Å². The molecule has 0 aliphatic heterocycles. The molecule has 0 aromatic carbocycles. The van der Waals surface area contributed by atoms with Crippen molar-refractivity contribution < 1.29 is 0 Å². The van der Waals surface area contributed by atoms with E-state index >= 15 is 0 Å². The summed E-state index contributed by atoms with van der Waals surface area (Å²) in [6.45, 7) is 0. The summed E-state index contributed by atoms with van der Waals surface area (Å²) in [5.74, 6) is 0. The largest absolute Gasteiger partial charge is 0.322 e. The Balaban J connectivity index is 1.99. The molecule has 3 aromatic rings. The molecule has 3 nitrogen and oxygen atoms in total. The van der Waals surface area contributed by atoms with Gasteiger partial charge in [0, 0.05) is 28.6 Å². The number of thiophene rings is 1. The van der Waals surface area contributed by atoms with Gasteiger partial charge in [0.15, 0.2) is 0 Å². The third-order valence-corrected chi connectivity index (χ3v) is 4.92. The Kier molecular flexibility index (Phi) is 3.00. The van der Waals surface area contributed by atoms with Gasteiger partial charge in [0.25, 0.3) is 0 Å². The van der Waals surface area contributed by atoms with Crippen LogP contribution in [0.3, 0.4) is 0 Å². The average molecular weight is 304 g/mol. The molecule has 0 unspecified atom stereocenters. The molecule has 0 bridgehead atoms. The van der Waals surface area contributed by atoms with Gasteiger partial charge in [-0.2, -0.15) is 16.3 Å². The van der Waals surface area contributed by atoms with Gasteiger partial charge in [0.05, 0.1) is 5.69 Å². The van der Waals surface area contributed by atoms with Crippen LogP contribution in [0, 0.1) is 0 Å². The molecule has 0 saturated heterocycles. The molecule has 1 aliphatic rings. The number of nitrogens with zero attached hydrogens (tertiary/aromatic N) is 3. The van der Waals surface area contributed by atoms with Crippen molar-refractivity contribution in [2.45, 2.75) is 31.7 Å². The van der Waals surface area contributed by atoms with E-state index in [0.29, 0.717) is 11.3 Å². The van der Waals surface area contributed by atoms with Crippen LogP contribution in [0.4, 0.5) is 0 Å². The van der Waals surface area contributed by atoms with Crippen LogP contribution in [0.1, 0.15) is 31.7 Å². The minimum atomic E-state index is 0.326. The zero-order valence-electron chi connectivity index (χ0n) is 10.9. The van der Waals surface area contributed by atoms with Gasteiger partial charge in [0.1, 0.15) is 5.65 Å². The maximum Gasteiger partial charge on any atom is 0.224 e. The maximum atomic E-state index is 6.00. The molecule has 102 valence electrons. The molecule has 5 heteroatoms. The predicted molar refractivity (Wildman–Crippen MR) is 83.4 cm³/mol. The Labute approximate surface area is 126 Å². The van der Waals surface area contributed by atoms with Crippen molar-refractivity contribution in [2.24, 2.45) is 0 Å². The van der Waals surface area contributed by atoms with Crippen LogP contribution in [-0.4, -0.2) is 14.5 Å². The Hall–Kier alpha value is -1.39. The second-order valence-corrected chi connectivity index (χ2v) is 6.39. The Morgan fingerprint density at radius 1 is 1.30 bits per heavy atom. The van der Waals surface area contributed by atoms with Gasteiger partial charge in [-0.3, -0.25) is 0 Å². The zero-order chi connectivity index (χ0) is 13.5. The van der Waals surface area contributed by atoms with E-state index in [9.17, 15) is 0 Å². The van der Waals surface area contributed by atoms with Crippen molar-refractivity contribution in [3.63, 3.8) is 0 Å². The number of rotatable bonds is 2. The second kappa shape index (κ2) is 4.86. The predicted octanol–water partition coefficient (Wildman–Crippen LogP) is 4.93. The van der Waals surface area contributed by atoms with E-state index in [4.69, 9.17) is 11.6 Å². The highest BCUT2D eigenvalue weighted by Crippen LogP contribution is 2.38. The molecule has 20 heavy (non-hydrogen) atoms. The van der Waals surface area contributed by atoms with Gasteiger partial charge >= 0.3 is 0 Å². The third-order valence-electron chi connectivity index (χ3n) is 4.05. The highest BCUT2D eigenvalue weighted by molar-refractivity contribution is 7.08. The fraction of sp³-hybridized carbons (Fsp3) is 0.333. The van der Waals surface area contributed by atoms with Crippen molar-refractivity contribution in [1.82, 2.24) is 14.5 Å². The molecule has 0 radical (unpaired) electrons. The lowest BCUT2D eigenvalue weighted by Gasteiger charge is -2.16. The number of hydrogen-bond donors (Lipinski definition) is 0. The summed E-state index contributed by atoms with van der Waals surface area (Å²) in [5.41, 5.74) is 3.47. The number of aromatic nitrogens is 3. The average Bonchev–Trinajstić information content (AvgIpc) is 3.17. The van der Waals surface area contributed by atoms with Gasteiger partial charge in [-0.25, -0.2) is 4.98 Å². The molecule has 4 rings (SSSR count). The summed E-state index contributed by atoms with van der Waals surface area (Å²) in [6, 6.07) is 4.89. The van der Waals surface area contributed by atoms with E-state index in [1.54, 1.807) is 11.3 Å². The quantitative estimate of drug-likeness (QED) is 0.629. The van der Waals surface area contributed by atoms with E-state index in [1.807, 2.05) is 6.20 Å². The van der Waals surface area contributed by atoms with Gasteiger partial charge < -0.3 is 4.57 Å². The topological polar surface area (TPSA) is 30.7 Å². The van der Waals surface area contributed by atoms with E-state index in [-0.39, 0.29) is 0 Å². The first kappa shape index (κ1) is 12.4. The van der Waals surface area contributed by atoms with Crippen LogP contribution in [0.5, 0.6) is 0 Å². The monoisotopic (exact) mass is 303 g/mol. The molecule has 0 N–H and O–H groups in total. The normalized spacial score (nSPS) is 16.2. The molecule has 3 heterocycles. The lowest BCUT2D eigenvalue weighted by atomic mass is 10.2. The second-order valence-electron chi connectivity index (χ2n) is 5.27. The molecule has 1 aliphatic carbocycles. The van der Waals surface area contributed by atoms with E-state index in [0.717, 1.165) is 11.0 Å². The minimum absolute atomic E-state index is 0.326. The Morgan fingerprint density at radius 2 is 2.15 bits per heavy atom. The first-order valence-corrected chi connectivity index (χ1v) is 8.21. The lowest BCUT2D eigenvalue weighted by molar-refractivity contribution is 0.537. The fourth-order valence-corrected chi connectivity index (χ4v) is 3.93. The summed E-state index contributed by atoms with van der Waals surface area (Å²) in [5, 5.41) is 5.70. The molecule has 1 fully saturated rings. The van der Waals surface area contributed by atoms with Crippen LogP contribution >= 0.6 is 22.9 Å². The highest BCUT2D eigenvalue weighted by Gasteiger charge is 2.23. The number of halogens is 1. The molecule has 0 atom stereocenters. The summed E-state index contributed by atoms with van der Waals surface area (Å²) >= 11 is 7.72. The smallest absolute Gasteiger partial charge is 0.224 e. The van der Waals surface area contributed by atoms with E-state index in [1.165, 1.54) is 36.9 Å². The maximum absolute atomic E-state index is 6.00. The van der Waals surface area contributed by atoms with Crippen molar-refractivity contribution in [2.75, 3.05) is 0 Å². The third kappa shape index (κ3) is 1.95. The van der Waals surface area contributed by atoms with Crippen LogP contribution in [0.2, 0.25) is 5.28 Å². The molecular weight excluding hydrogens is 290 g/mol. The first-order valence-electron chi connectivity index (χ1n) is 6.89. The molecule has 0 spiro atoms. The van der Waals surface area contributed by atoms with Crippen LogP contribution < -0.4 is 0 Å². The Bertz CT molecular complexity index is 742. The van der Waals surface area contributed by atoms with Gasteiger partial charge in [-0.1, -0.05) is 12.8 Å². The van der Waals surface area contributed by atoms with Crippen molar-refractivity contribution >= 4 is 34.0 Å². The first-order chi connectivity index (χ1) is 9.83. The van der Waals surface area contributed by atoms with E-state index < -0.39 is 0 Å². The fourth-order valence-electron chi connectivity index (χ4n) is 3.15. The van der Waals surface area contributed by atoms with E-state index in [2.05, 4.69) is 37.4 Å². The van der Waals surface area contributed by atoms with Gasteiger partial charge in [0.2, 0.25) is 5.28 Å². The van der Waals surface area contributed by atoms with Gasteiger partial charge in [-0.15, -0.1) is 0 Å².